The summed E-state index contributed by atoms with van der Waals surface area (Å²) in [4.78, 5) is 11.8. The Labute approximate surface area is 121 Å². The summed E-state index contributed by atoms with van der Waals surface area (Å²) >= 11 is 0. The van der Waals surface area contributed by atoms with Gasteiger partial charge in [0.05, 0.1) is 5.56 Å². The summed E-state index contributed by atoms with van der Waals surface area (Å²) in [6.45, 7) is 1.50. The van der Waals surface area contributed by atoms with E-state index >= 15 is 0 Å². The second-order valence-corrected chi connectivity index (χ2v) is 4.97. The van der Waals surface area contributed by atoms with E-state index in [0.717, 1.165) is 17.7 Å². The highest BCUT2D eigenvalue weighted by atomic mass is 19.4. The van der Waals surface area contributed by atoms with Gasteiger partial charge in [0.15, 0.2) is 0 Å². The van der Waals surface area contributed by atoms with Gasteiger partial charge < -0.3 is 0 Å². The number of halogens is 3. The van der Waals surface area contributed by atoms with Gasteiger partial charge in [0.1, 0.15) is 5.78 Å². The molecule has 0 aromatic heterocycles. The maximum Gasteiger partial charge on any atom is 0.416 e. The molecule has 0 spiro atoms. The lowest BCUT2D eigenvalue weighted by atomic mass is 9.89. The predicted octanol–water partition coefficient (Wildman–Crippen LogP) is 4.62. The third-order valence-electron chi connectivity index (χ3n) is 3.41. The Morgan fingerprint density at radius 1 is 1.00 bits per heavy atom. The quantitative estimate of drug-likeness (QED) is 0.803. The highest BCUT2D eigenvalue weighted by Gasteiger charge is 2.30. The van der Waals surface area contributed by atoms with Crippen LogP contribution in [0.25, 0.3) is 0 Å². The molecule has 0 aliphatic rings. The Kier molecular flexibility index (Phi) is 4.46. The van der Waals surface area contributed by atoms with Gasteiger partial charge in [-0.2, -0.15) is 13.2 Å². The number of Topliss-reactive ketones (excluding diaryl/α,β-unsaturated/α-hetero) is 1. The van der Waals surface area contributed by atoms with Crippen LogP contribution in [0.2, 0.25) is 0 Å². The normalized spacial score (nSPS) is 13.0. The van der Waals surface area contributed by atoms with Crippen molar-refractivity contribution in [3.05, 3.63) is 71.3 Å². The van der Waals surface area contributed by atoms with Crippen molar-refractivity contribution in [3.8, 4) is 0 Å². The Balaban J connectivity index is 2.20. The molecule has 0 aliphatic heterocycles. The van der Waals surface area contributed by atoms with E-state index in [0.29, 0.717) is 12.0 Å². The second kappa shape index (κ2) is 6.12. The van der Waals surface area contributed by atoms with E-state index in [-0.39, 0.29) is 11.7 Å². The maximum absolute atomic E-state index is 12.5. The second-order valence-electron chi connectivity index (χ2n) is 4.97. The van der Waals surface area contributed by atoms with Crippen molar-refractivity contribution in [2.75, 3.05) is 0 Å². The Bertz CT molecular complexity index is 600. The van der Waals surface area contributed by atoms with Crippen molar-refractivity contribution in [1.82, 2.24) is 0 Å². The molecule has 2 aromatic rings. The molecule has 0 N–H and O–H groups in total. The minimum Gasteiger partial charge on any atom is -0.299 e. The first-order valence-corrected chi connectivity index (χ1v) is 6.59. The molecule has 2 rings (SSSR count). The molecule has 21 heavy (non-hydrogen) atoms. The van der Waals surface area contributed by atoms with Crippen LogP contribution in [0.5, 0.6) is 0 Å². The molecule has 110 valence electrons. The van der Waals surface area contributed by atoms with Gasteiger partial charge in [0, 0.05) is 5.92 Å². The van der Waals surface area contributed by atoms with Crippen molar-refractivity contribution >= 4 is 5.78 Å². The molecule has 0 amide bonds. The largest absolute Gasteiger partial charge is 0.416 e. The molecule has 0 unspecified atom stereocenters. The van der Waals surface area contributed by atoms with Crippen molar-refractivity contribution in [3.63, 3.8) is 0 Å². The maximum atomic E-state index is 12.5. The lowest BCUT2D eigenvalue weighted by Crippen LogP contribution is -2.12. The fourth-order valence-corrected chi connectivity index (χ4v) is 2.25. The number of rotatable bonds is 4. The average molecular weight is 292 g/mol. The van der Waals surface area contributed by atoms with Gasteiger partial charge in [-0.15, -0.1) is 0 Å². The molecule has 4 heteroatoms. The standard InChI is InChI=1S/C17H15F3O/c1-12(21)16(14-5-3-2-4-6-14)11-13-7-9-15(10-8-13)17(18,19)20/h2-10,16H,11H2,1H3/t16-/m1/s1. The van der Waals surface area contributed by atoms with Gasteiger partial charge in [-0.25, -0.2) is 0 Å². The van der Waals surface area contributed by atoms with Crippen LogP contribution in [0.4, 0.5) is 13.2 Å². The lowest BCUT2D eigenvalue weighted by Gasteiger charge is -2.15. The molecule has 0 aliphatic carbocycles. The number of benzene rings is 2. The average Bonchev–Trinajstić information content (AvgIpc) is 2.45. The third-order valence-corrected chi connectivity index (χ3v) is 3.41. The predicted molar refractivity (Wildman–Crippen MR) is 75.0 cm³/mol. The molecule has 0 saturated heterocycles. The number of hydrogen-bond donors (Lipinski definition) is 0. The Morgan fingerprint density at radius 3 is 2.05 bits per heavy atom. The Hall–Kier alpha value is -2.10. The molecule has 0 bridgehead atoms. The van der Waals surface area contributed by atoms with E-state index in [9.17, 15) is 18.0 Å². The first kappa shape index (κ1) is 15.3. The molecular formula is C17H15F3O. The van der Waals surface area contributed by atoms with E-state index in [1.165, 1.54) is 19.1 Å². The first-order chi connectivity index (χ1) is 9.88. The zero-order valence-electron chi connectivity index (χ0n) is 11.5. The van der Waals surface area contributed by atoms with Crippen LogP contribution in [0.1, 0.15) is 29.5 Å². The van der Waals surface area contributed by atoms with Gasteiger partial charge in [0.2, 0.25) is 0 Å². The summed E-state index contributed by atoms with van der Waals surface area (Å²) < 4.78 is 37.6. The van der Waals surface area contributed by atoms with E-state index < -0.39 is 11.7 Å². The van der Waals surface area contributed by atoms with Crippen LogP contribution >= 0.6 is 0 Å². The van der Waals surface area contributed by atoms with Crippen molar-refractivity contribution in [2.45, 2.75) is 25.4 Å². The number of carbonyl (C=O) groups is 1. The summed E-state index contributed by atoms with van der Waals surface area (Å²) in [6.07, 6.45) is -3.94. The molecule has 0 heterocycles. The van der Waals surface area contributed by atoms with Crippen LogP contribution in [-0.2, 0) is 17.4 Å². The van der Waals surface area contributed by atoms with Gasteiger partial charge in [0.25, 0.3) is 0 Å². The van der Waals surface area contributed by atoms with Gasteiger partial charge in [-0.05, 0) is 36.6 Å². The van der Waals surface area contributed by atoms with E-state index in [1.807, 2.05) is 30.3 Å². The number of carbonyl (C=O) groups excluding carboxylic acids is 1. The van der Waals surface area contributed by atoms with Gasteiger partial charge in [-0.3, -0.25) is 4.79 Å². The molecule has 2 aromatic carbocycles. The summed E-state index contributed by atoms with van der Waals surface area (Å²) in [7, 11) is 0. The highest BCUT2D eigenvalue weighted by molar-refractivity contribution is 5.83. The van der Waals surface area contributed by atoms with E-state index in [2.05, 4.69) is 0 Å². The van der Waals surface area contributed by atoms with Crippen molar-refractivity contribution < 1.29 is 18.0 Å². The topological polar surface area (TPSA) is 17.1 Å². The number of alkyl halides is 3. The van der Waals surface area contributed by atoms with E-state index in [4.69, 9.17) is 0 Å². The Morgan fingerprint density at radius 2 is 1.57 bits per heavy atom. The van der Waals surface area contributed by atoms with Crippen molar-refractivity contribution in [1.29, 1.82) is 0 Å². The summed E-state index contributed by atoms with van der Waals surface area (Å²) in [5, 5.41) is 0. The van der Waals surface area contributed by atoms with Gasteiger partial charge in [-0.1, -0.05) is 42.5 Å². The summed E-state index contributed by atoms with van der Waals surface area (Å²) in [5.74, 6) is -0.330. The van der Waals surface area contributed by atoms with Crippen LogP contribution in [0.15, 0.2) is 54.6 Å². The van der Waals surface area contributed by atoms with Crippen LogP contribution in [0.3, 0.4) is 0 Å². The lowest BCUT2D eigenvalue weighted by molar-refractivity contribution is -0.137. The molecule has 1 atom stereocenters. The van der Waals surface area contributed by atoms with Crippen LogP contribution in [-0.4, -0.2) is 5.78 Å². The highest BCUT2D eigenvalue weighted by Crippen LogP contribution is 2.30. The monoisotopic (exact) mass is 292 g/mol. The first-order valence-electron chi connectivity index (χ1n) is 6.59. The van der Waals surface area contributed by atoms with Crippen molar-refractivity contribution in [2.24, 2.45) is 0 Å². The molecule has 0 saturated carbocycles. The van der Waals surface area contributed by atoms with Gasteiger partial charge >= 0.3 is 6.18 Å². The molecule has 0 fully saturated rings. The zero-order valence-corrected chi connectivity index (χ0v) is 11.5. The fraction of sp³-hybridized carbons (Fsp3) is 0.235. The minimum atomic E-state index is -4.34. The molecule has 1 nitrogen and oxygen atoms in total. The fourth-order valence-electron chi connectivity index (χ4n) is 2.25. The SMILES string of the molecule is CC(=O)[C@@H](Cc1ccc(C(F)(F)F)cc1)c1ccccc1. The zero-order chi connectivity index (χ0) is 15.5. The van der Waals surface area contributed by atoms with E-state index in [1.54, 1.807) is 0 Å². The summed E-state index contributed by atoms with van der Waals surface area (Å²) in [5.41, 5.74) is 0.919. The summed E-state index contributed by atoms with van der Waals surface area (Å²) in [6, 6.07) is 14.2. The van der Waals surface area contributed by atoms with Crippen LogP contribution < -0.4 is 0 Å². The smallest absolute Gasteiger partial charge is 0.299 e. The van der Waals surface area contributed by atoms with Crippen LogP contribution in [0, 0.1) is 0 Å². The third kappa shape index (κ3) is 3.94. The minimum absolute atomic E-state index is 0.00102. The number of hydrogen-bond acceptors (Lipinski definition) is 1. The molecule has 0 radical (unpaired) electrons. The molecular weight excluding hydrogens is 277 g/mol. The number of ketones is 1.